The predicted molar refractivity (Wildman–Crippen MR) is 105 cm³/mol. The van der Waals surface area contributed by atoms with Crippen molar-refractivity contribution in [3.63, 3.8) is 0 Å². The molecular weight excluding hydrogens is 340 g/mol. The molecule has 4 heteroatoms. The summed E-state index contributed by atoms with van der Waals surface area (Å²) in [5.41, 5.74) is 4.75. The Labute approximate surface area is 155 Å². The molecule has 0 saturated heterocycles. The highest BCUT2D eigenvalue weighted by molar-refractivity contribution is 7.11. The summed E-state index contributed by atoms with van der Waals surface area (Å²) in [6.45, 7) is 0. The van der Waals surface area contributed by atoms with E-state index in [0.29, 0.717) is 16.3 Å². The zero-order chi connectivity index (χ0) is 17.8. The van der Waals surface area contributed by atoms with Crippen LogP contribution in [0.1, 0.15) is 10.8 Å². The van der Waals surface area contributed by atoms with Crippen LogP contribution in [0, 0.1) is 11.3 Å². The monoisotopic (exact) mass is 354 g/mol. The Kier molecular flexibility index (Phi) is 4.46. The van der Waals surface area contributed by atoms with Crippen molar-refractivity contribution in [2.24, 2.45) is 0 Å². The molecule has 0 fully saturated rings. The number of nitriles is 1. The van der Waals surface area contributed by atoms with E-state index >= 15 is 0 Å². The Hall–Kier alpha value is -3.42. The highest BCUT2D eigenvalue weighted by Crippen LogP contribution is 2.29. The molecule has 4 rings (SSSR count). The first-order chi connectivity index (χ1) is 12.8. The molecule has 4 aromatic rings. The Morgan fingerprint density at radius 1 is 0.923 bits per heavy atom. The molecule has 0 N–H and O–H groups in total. The van der Waals surface area contributed by atoms with Gasteiger partial charge in [0, 0.05) is 17.0 Å². The second kappa shape index (κ2) is 7.22. The van der Waals surface area contributed by atoms with Crippen molar-refractivity contribution in [3.8, 4) is 28.5 Å². The molecule has 26 heavy (non-hydrogen) atoms. The summed E-state index contributed by atoms with van der Waals surface area (Å²) < 4.78 is 5.28. The first-order valence-corrected chi connectivity index (χ1v) is 8.98. The van der Waals surface area contributed by atoms with E-state index in [2.05, 4.69) is 47.5 Å². The van der Waals surface area contributed by atoms with Gasteiger partial charge in [0.1, 0.15) is 16.8 Å². The zero-order valence-corrected chi connectivity index (χ0v) is 14.6. The van der Waals surface area contributed by atoms with Crippen molar-refractivity contribution in [1.29, 1.82) is 5.26 Å². The second-order valence-electron chi connectivity index (χ2n) is 5.67. The van der Waals surface area contributed by atoms with Crippen LogP contribution in [-0.4, -0.2) is 4.98 Å². The smallest absolute Gasteiger partial charge is 0.134 e. The van der Waals surface area contributed by atoms with Gasteiger partial charge < -0.3 is 4.42 Å². The first kappa shape index (κ1) is 16.1. The van der Waals surface area contributed by atoms with Crippen LogP contribution < -0.4 is 0 Å². The van der Waals surface area contributed by atoms with Gasteiger partial charge in [-0.2, -0.15) is 5.26 Å². The third-order valence-corrected chi connectivity index (χ3v) is 4.85. The van der Waals surface area contributed by atoms with Gasteiger partial charge in [0.2, 0.25) is 0 Å². The van der Waals surface area contributed by atoms with Crippen molar-refractivity contribution < 1.29 is 4.42 Å². The number of thiazole rings is 1. The van der Waals surface area contributed by atoms with Crippen molar-refractivity contribution in [2.75, 3.05) is 0 Å². The van der Waals surface area contributed by atoms with E-state index in [4.69, 9.17) is 4.42 Å². The van der Waals surface area contributed by atoms with Gasteiger partial charge in [0.15, 0.2) is 0 Å². The van der Waals surface area contributed by atoms with Gasteiger partial charge >= 0.3 is 0 Å². The van der Waals surface area contributed by atoms with Crippen molar-refractivity contribution in [1.82, 2.24) is 4.98 Å². The third kappa shape index (κ3) is 3.34. The molecule has 0 aliphatic rings. The molecule has 0 aliphatic heterocycles. The minimum Gasteiger partial charge on any atom is -0.465 e. The highest BCUT2D eigenvalue weighted by Gasteiger charge is 2.10. The predicted octanol–water partition coefficient (Wildman–Crippen LogP) is 6.13. The van der Waals surface area contributed by atoms with Crippen LogP contribution in [-0.2, 0) is 0 Å². The van der Waals surface area contributed by atoms with Gasteiger partial charge in [-0.3, -0.25) is 0 Å². The zero-order valence-electron chi connectivity index (χ0n) is 13.8. The SMILES string of the molecule is N#C/C(=C\c1ccco1)c1nc(-c2ccc(-c3ccccc3)cc2)cs1. The van der Waals surface area contributed by atoms with E-state index < -0.39 is 0 Å². The van der Waals surface area contributed by atoms with Gasteiger partial charge in [-0.05, 0) is 23.3 Å². The maximum Gasteiger partial charge on any atom is 0.134 e. The van der Waals surface area contributed by atoms with Crippen LogP contribution in [0.5, 0.6) is 0 Å². The quantitative estimate of drug-likeness (QED) is 0.414. The van der Waals surface area contributed by atoms with Gasteiger partial charge in [0.25, 0.3) is 0 Å². The fraction of sp³-hybridized carbons (Fsp3) is 0. The molecule has 3 nitrogen and oxygen atoms in total. The van der Waals surface area contributed by atoms with Gasteiger partial charge in [0.05, 0.1) is 17.5 Å². The highest BCUT2D eigenvalue weighted by atomic mass is 32.1. The molecule has 0 amide bonds. The number of hydrogen-bond acceptors (Lipinski definition) is 4. The minimum atomic E-state index is 0.497. The summed E-state index contributed by atoms with van der Waals surface area (Å²) in [6.07, 6.45) is 3.30. The van der Waals surface area contributed by atoms with E-state index in [9.17, 15) is 5.26 Å². The number of benzene rings is 2. The summed E-state index contributed by atoms with van der Waals surface area (Å²) in [4.78, 5) is 4.62. The fourth-order valence-corrected chi connectivity index (χ4v) is 3.45. The molecule has 2 aromatic heterocycles. The van der Waals surface area contributed by atoms with Crippen LogP contribution in [0.25, 0.3) is 34.0 Å². The van der Waals surface area contributed by atoms with E-state index in [1.165, 1.54) is 22.5 Å². The van der Waals surface area contributed by atoms with Crippen LogP contribution in [0.15, 0.2) is 82.8 Å². The lowest BCUT2D eigenvalue weighted by Gasteiger charge is -2.02. The van der Waals surface area contributed by atoms with Crippen molar-refractivity contribution in [3.05, 3.63) is 89.1 Å². The van der Waals surface area contributed by atoms with Crippen LogP contribution in [0.3, 0.4) is 0 Å². The van der Waals surface area contributed by atoms with Crippen molar-refractivity contribution >= 4 is 23.0 Å². The Morgan fingerprint density at radius 3 is 2.35 bits per heavy atom. The largest absolute Gasteiger partial charge is 0.465 e. The summed E-state index contributed by atoms with van der Waals surface area (Å²) >= 11 is 1.46. The molecule has 2 aromatic carbocycles. The van der Waals surface area contributed by atoms with E-state index in [1.54, 1.807) is 18.4 Å². The molecule has 0 radical (unpaired) electrons. The fourth-order valence-electron chi connectivity index (χ4n) is 2.65. The molecule has 0 unspecified atom stereocenters. The maximum atomic E-state index is 9.43. The van der Waals surface area contributed by atoms with Crippen LogP contribution >= 0.6 is 11.3 Å². The summed E-state index contributed by atoms with van der Waals surface area (Å²) in [5, 5.41) is 12.1. The third-order valence-electron chi connectivity index (χ3n) is 3.97. The molecule has 124 valence electrons. The van der Waals surface area contributed by atoms with Gasteiger partial charge in [-0.15, -0.1) is 11.3 Å². The Balaban J connectivity index is 1.61. The Bertz CT molecular complexity index is 1070. The lowest BCUT2D eigenvalue weighted by Crippen LogP contribution is -1.83. The molecular formula is C22H14N2OS. The van der Waals surface area contributed by atoms with Crippen LogP contribution in [0.4, 0.5) is 0 Å². The normalized spacial score (nSPS) is 11.3. The summed E-state index contributed by atoms with van der Waals surface area (Å²) in [7, 11) is 0. The second-order valence-corrected chi connectivity index (χ2v) is 6.52. The number of furan rings is 1. The summed E-state index contributed by atoms with van der Waals surface area (Å²) in [6, 6.07) is 24.4. The van der Waals surface area contributed by atoms with E-state index in [-0.39, 0.29) is 0 Å². The van der Waals surface area contributed by atoms with E-state index in [0.717, 1.165) is 11.3 Å². The number of allylic oxidation sites excluding steroid dienone is 1. The molecule has 2 heterocycles. The lowest BCUT2D eigenvalue weighted by molar-refractivity contribution is 0.557. The standard InChI is InChI=1S/C22H14N2OS/c23-14-19(13-20-7-4-12-25-20)22-24-21(15-26-22)18-10-8-17(9-11-18)16-5-2-1-3-6-16/h1-13,15H/b19-13+. The number of rotatable bonds is 4. The van der Waals surface area contributed by atoms with E-state index in [1.807, 2.05) is 29.6 Å². The molecule has 0 bridgehead atoms. The first-order valence-electron chi connectivity index (χ1n) is 8.10. The molecule has 0 saturated carbocycles. The van der Waals surface area contributed by atoms with Gasteiger partial charge in [-0.25, -0.2) is 4.98 Å². The molecule has 0 aliphatic carbocycles. The average Bonchev–Trinajstić information content (AvgIpc) is 3.39. The lowest BCUT2D eigenvalue weighted by atomic mass is 10.0. The Morgan fingerprint density at radius 2 is 1.65 bits per heavy atom. The topological polar surface area (TPSA) is 49.8 Å². The number of nitrogens with zero attached hydrogens (tertiary/aromatic N) is 2. The van der Waals surface area contributed by atoms with Crippen LogP contribution in [0.2, 0.25) is 0 Å². The minimum absolute atomic E-state index is 0.497. The average molecular weight is 354 g/mol. The number of aromatic nitrogens is 1. The van der Waals surface area contributed by atoms with Crippen molar-refractivity contribution in [2.45, 2.75) is 0 Å². The maximum absolute atomic E-state index is 9.43. The number of hydrogen-bond donors (Lipinski definition) is 0. The summed E-state index contributed by atoms with van der Waals surface area (Å²) in [5.74, 6) is 0.644. The van der Waals surface area contributed by atoms with Gasteiger partial charge in [-0.1, -0.05) is 54.6 Å². The molecule has 0 spiro atoms. The molecule has 0 atom stereocenters.